The molecule has 0 spiro atoms. The lowest BCUT2D eigenvalue weighted by molar-refractivity contribution is -0.138. The number of hydrogen-bond acceptors (Lipinski definition) is 5. The predicted molar refractivity (Wildman–Crippen MR) is 84.7 cm³/mol. The van der Waals surface area contributed by atoms with Gasteiger partial charge < -0.3 is 9.64 Å². The van der Waals surface area contributed by atoms with Gasteiger partial charge in [0, 0.05) is 25.0 Å². The van der Waals surface area contributed by atoms with Crippen LogP contribution >= 0.6 is 11.3 Å². The molecule has 3 rings (SSSR count). The van der Waals surface area contributed by atoms with E-state index in [0.717, 1.165) is 24.1 Å². The van der Waals surface area contributed by atoms with Crippen LogP contribution in [-0.2, 0) is 22.4 Å². The van der Waals surface area contributed by atoms with Gasteiger partial charge in [0.1, 0.15) is 6.33 Å². The molecule has 0 saturated carbocycles. The van der Waals surface area contributed by atoms with Crippen molar-refractivity contribution in [1.82, 2.24) is 14.9 Å². The highest BCUT2D eigenvalue weighted by molar-refractivity contribution is 7.07. The normalized spacial score (nSPS) is 18.4. The lowest BCUT2D eigenvalue weighted by atomic mass is 10.1. The Hall–Kier alpha value is -1.79. The van der Waals surface area contributed by atoms with Crippen LogP contribution in [0.15, 0.2) is 35.4 Å². The maximum Gasteiger partial charge on any atom is 0.227 e. The molecule has 3 heterocycles. The summed E-state index contributed by atoms with van der Waals surface area (Å²) in [4.78, 5) is 22.4. The number of hydrogen-bond donors (Lipinski definition) is 0. The molecule has 0 unspecified atom stereocenters. The van der Waals surface area contributed by atoms with Crippen LogP contribution in [-0.4, -0.2) is 46.6 Å². The van der Waals surface area contributed by atoms with Crippen LogP contribution in [0.5, 0.6) is 0 Å². The van der Waals surface area contributed by atoms with E-state index >= 15 is 0 Å². The summed E-state index contributed by atoms with van der Waals surface area (Å²) in [5.41, 5.74) is 2.11. The van der Waals surface area contributed by atoms with E-state index in [2.05, 4.69) is 9.97 Å². The van der Waals surface area contributed by atoms with Crippen molar-refractivity contribution in [1.29, 1.82) is 0 Å². The SMILES string of the molecule is O=C(Cc1ccsc1)N1CCO[C@@H](CCc2ccncn2)C1. The summed E-state index contributed by atoms with van der Waals surface area (Å²) in [6.45, 7) is 1.98. The lowest BCUT2D eigenvalue weighted by Crippen LogP contribution is -2.46. The van der Waals surface area contributed by atoms with Crippen molar-refractivity contribution in [2.45, 2.75) is 25.4 Å². The number of thiophene rings is 1. The van der Waals surface area contributed by atoms with Crippen LogP contribution in [0.1, 0.15) is 17.7 Å². The smallest absolute Gasteiger partial charge is 0.227 e. The zero-order chi connectivity index (χ0) is 15.2. The molecule has 2 aromatic heterocycles. The first-order valence-electron chi connectivity index (χ1n) is 7.46. The summed E-state index contributed by atoms with van der Waals surface area (Å²) in [6.07, 6.45) is 5.62. The van der Waals surface area contributed by atoms with Crippen LogP contribution in [0.3, 0.4) is 0 Å². The Morgan fingerprint density at radius 1 is 1.45 bits per heavy atom. The molecule has 0 aliphatic carbocycles. The zero-order valence-electron chi connectivity index (χ0n) is 12.4. The first-order valence-corrected chi connectivity index (χ1v) is 8.41. The molecule has 1 aliphatic rings. The quantitative estimate of drug-likeness (QED) is 0.846. The Balaban J connectivity index is 1.49. The van der Waals surface area contributed by atoms with Crippen molar-refractivity contribution in [2.24, 2.45) is 0 Å². The topological polar surface area (TPSA) is 55.3 Å². The standard InChI is InChI=1S/C16H19N3O2S/c20-16(9-13-4-8-22-11-13)19-6-7-21-15(10-19)2-1-14-3-5-17-12-18-14/h3-5,8,11-12,15H,1-2,6-7,9-10H2/t15-/m0/s1. The highest BCUT2D eigenvalue weighted by Crippen LogP contribution is 2.14. The second-order valence-corrected chi connectivity index (χ2v) is 6.16. The van der Waals surface area contributed by atoms with Crippen molar-refractivity contribution in [3.05, 3.63) is 46.7 Å². The number of aromatic nitrogens is 2. The number of ether oxygens (including phenoxy) is 1. The highest BCUT2D eigenvalue weighted by Gasteiger charge is 2.24. The third-order valence-corrected chi connectivity index (χ3v) is 4.52. The van der Waals surface area contributed by atoms with Crippen molar-refractivity contribution >= 4 is 17.2 Å². The third kappa shape index (κ3) is 4.11. The van der Waals surface area contributed by atoms with Gasteiger partial charge in [0.05, 0.1) is 19.1 Å². The van der Waals surface area contributed by atoms with Gasteiger partial charge >= 0.3 is 0 Å². The van der Waals surface area contributed by atoms with Crippen LogP contribution in [0, 0.1) is 0 Å². The fourth-order valence-electron chi connectivity index (χ4n) is 2.58. The molecule has 1 aliphatic heterocycles. The number of rotatable bonds is 5. The van der Waals surface area contributed by atoms with Crippen LogP contribution < -0.4 is 0 Å². The summed E-state index contributed by atoms with van der Waals surface area (Å²) in [5.74, 6) is 0.189. The van der Waals surface area contributed by atoms with Gasteiger partial charge in [-0.05, 0) is 41.3 Å². The Labute approximate surface area is 134 Å². The average molecular weight is 317 g/mol. The van der Waals surface area contributed by atoms with E-state index in [1.54, 1.807) is 23.9 Å². The van der Waals surface area contributed by atoms with E-state index < -0.39 is 0 Å². The number of morpholine rings is 1. The molecule has 22 heavy (non-hydrogen) atoms. The Morgan fingerprint density at radius 3 is 3.18 bits per heavy atom. The maximum atomic E-state index is 12.3. The van der Waals surface area contributed by atoms with Gasteiger partial charge in [-0.3, -0.25) is 4.79 Å². The van der Waals surface area contributed by atoms with E-state index in [1.165, 1.54) is 0 Å². The minimum atomic E-state index is 0.0927. The molecule has 1 amide bonds. The number of carbonyl (C=O) groups excluding carboxylic acids is 1. The van der Waals surface area contributed by atoms with Crippen molar-refractivity contribution < 1.29 is 9.53 Å². The predicted octanol–water partition coefficient (Wildman–Crippen LogP) is 1.94. The first kappa shape index (κ1) is 15.1. The first-order chi connectivity index (χ1) is 10.8. The Kier molecular flexibility index (Phi) is 5.13. The van der Waals surface area contributed by atoms with Crippen molar-refractivity contribution in [3.8, 4) is 0 Å². The number of nitrogens with zero attached hydrogens (tertiary/aromatic N) is 3. The number of amides is 1. The van der Waals surface area contributed by atoms with Gasteiger partial charge in [-0.15, -0.1) is 0 Å². The second kappa shape index (κ2) is 7.47. The largest absolute Gasteiger partial charge is 0.375 e. The summed E-state index contributed by atoms with van der Waals surface area (Å²) in [5, 5.41) is 4.04. The van der Waals surface area contributed by atoms with Crippen LogP contribution in [0.2, 0.25) is 0 Å². The van der Waals surface area contributed by atoms with E-state index in [1.807, 2.05) is 27.8 Å². The molecule has 5 nitrogen and oxygen atoms in total. The van der Waals surface area contributed by atoms with E-state index in [-0.39, 0.29) is 12.0 Å². The molecule has 6 heteroatoms. The Bertz CT molecular complexity index is 589. The molecular formula is C16H19N3O2S. The van der Waals surface area contributed by atoms with Gasteiger partial charge in [-0.2, -0.15) is 11.3 Å². The van der Waals surface area contributed by atoms with Gasteiger partial charge in [-0.1, -0.05) is 0 Å². The second-order valence-electron chi connectivity index (χ2n) is 5.38. The fraction of sp³-hybridized carbons (Fsp3) is 0.438. The molecule has 1 fully saturated rings. The molecule has 116 valence electrons. The fourth-order valence-corrected chi connectivity index (χ4v) is 3.24. The zero-order valence-corrected chi connectivity index (χ0v) is 13.2. The van der Waals surface area contributed by atoms with Crippen LogP contribution in [0.4, 0.5) is 0 Å². The molecular weight excluding hydrogens is 298 g/mol. The van der Waals surface area contributed by atoms with Gasteiger partial charge in [0.15, 0.2) is 0 Å². The monoisotopic (exact) mass is 317 g/mol. The van der Waals surface area contributed by atoms with E-state index in [0.29, 0.717) is 26.1 Å². The molecule has 0 bridgehead atoms. The van der Waals surface area contributed by atoms with Gasteiger partial charge in [0.25, 0.3) is 0 Å². The maximum absolute atomic E-state index is 12.3. The molecule has 0 radical (unpaired) electrons. The minimum Gasteiger partial charge on any atom is -0.375 e. The van der Waals surface area contributed by atoms with Gasteiger partial charge in [-0.25, -0.2) is 9.97 Å². The van der Waals surface area contributed by atoms with E-state index in [4.69, 9.17) is 4.74 Å². The van der Waals surface area contributed by atoms with Crippen molar-refractivity contribution in [2.75, 3.05) is 19.7 Å². The van der Waals surface area contributed by atoms with Gasteiger partial charge in [0.2, 0.25) is 5.91 Å². The lowest BCUT2D eigenvalue weighted by Gasteiger charge is -2.33. The van der Waals surface area contributed by atoms with E-state index in [9.17, 15) is 4.79 Å². The molecule has 1 atom stereocenters. The number of carbonyl (C=O) groups is 1. The average Bonchev–Trinajstić information content (AvgIpc) is 3.07. The number of aryl methyl sites for hydroxylation is 1. The molecule has 0 aromatic carbocycles. The molecule has 2 aromatic rings. The summed E-state index contributed by atoms with van der Waals surface area (Å²) >= 11 is 1.63. The summed E-state index contributed by atoms with van der Waals surface area (Å²) < 4.78 is 5.78. The van der Waals surface area contributed by atoms with Crippen molar-refractivity contribution in [3.63, 3.8) is 0 Å². The van der Waals surface area contributed by atoms with Crippen LogP contribution in [0.25, 0.3) is 0 Å². The molecule has 0 N–H and O–H groups in total. The highest BCUT2D eigenvalue weighted by atomic mass is 32.1. The summed E-state index contributed by atoms with van der Waals surface area (Å²) in [6, 6.07) is 3.93. The Morgan fingerprint density at radius 2 is 2.41 bits per heavy atom. The third-order valence-electron chi connectivity index (χ3n) is 3.79. The minimum absolute atomic E-state index is 0.0927. The molecule has 1 saturated heterocycles. The summed E-state index contributed by atoms with van der Waals surface area (Å²) in [7, 11) is 0.